The Balaban J connectivity index is 1.56. The third kappa shape index (κ3) is 6.36. The molecule has 1 aliphatic heterocycles. The molecule has 2 fully saturated rings. The van der Waals surface area contributed by atoms with Crippen LogP contribution in [0.1, 0.15) is 39.2 Å². The molecule has 7 nitrogen and oxygen atoms in total. The van der Waals surface area contributed by atoms with Crippen LogP contribution in [0.4, 0.5) is 0 Å². The molecule has 3 rings (SSSR count). The molecular weight excluding hydrogens is 378 g/mol. The van der Waals surface area contributed by atoms with Gasteiger partial charge in [-0.05, 0) is 37.5 Å². The molecule has 1 aliphatic carbocycles. The summed E-state index contributed by atoms with van der Waals surface area (Å²) in [6, 6.07) is 8.66. The molecule has 1 saturated carbocycles. The smallest absolute Gasteiger partial charge is 0.234 e. The zero-order chi connectivity index (χ0) is 21.6. The number of ether oxygens (including phenoxy) is 1. The molecule has 0 spiro atoms. The number of guanidine groups is 1. The summed E-state index contributed by atoms with van der Waals surface area (Å²) in [5.74, 6) is 1.99. The lowest BCUT2D eigenvalue weighted by atomic mass is 9.84. The van der Waals surface area contributed by atoms with E-state index < -0.39 is 0 Å². The zero-order valence-electron chi connectivity index (χ0n) is 18.9. The van der Waals surface area contributed by atoms with Crippen molar-refractivity contribution in [3.8, 4) is 5.75 Å². The molecule has 1 amide bonds. The van der Waals surface area contributed by atoms with Gasteiger partial charge in [0, 0.05) is 44.2 Å². The van der Waals surface area contributed by atoms with Crippen LogP contribution in [0.25, 0.3) is 0 Å². The van der Waals surface area contributed by atoms with E-state index in [0.29, 0.717) is 19.1 Å². The lowest BCUT2D eigenvalue weighted by Gasteiger charge is -2.36. The van der Waals surface area contributed by atoms with E-state index in [2.05, 4.69) is 53.3 Å². The van der Waals surface area contributed by atoms with Gasteiger partial charge in [0.05, 0.1) is 20.2 Å². The van der Waals surface area contributed by atoms with Crippen LogP contribution in [0, 0.1) is 0 Å². The summed E-state index contributed by atoms with van der Waals surface area (Å²) < 4.78 is 5.38. The van der Waals surface area contributed by atoms with Crippen LogP contribution >= 0.6 is 0 Å². The fourth-order valence-corrected chi connectivity index (χ4v) is 3.66. The molecular formula is C23H37N5O2. The third-order valence-electron chi connectivity index (χ3n) is 5.79. The fourth-order valence-electron chi connectivity index (χ4n) is 3.66. The molecule has 1 saturated heterocycles. The van der Waals surface area contributed by atoms with E-state index in [-0.39, 0.29) is 11.3 Å². The maximum atomic E-state index is 12.1. The molecule has 166 valence electrons. The first kappa shape index (κ1) is 22.4. The summed E-state index contributed by atoms with van der Waals surface area (Å²) in [6.07, 6.45) is 2.27. The van der Waals surface area contributed by atoms with Gasteiger partial charge in [0.25, 0.3) is 0 Å². The Bertz CT molecular complexity index is 737. The quantitative estimate of drug-likeness (QED) is 0.501. The van der Waals surface area contributed by atoms with Crippen molar-refractivity contribution in [1.82, 2.24) is 20.4 Å². The van der Waals surface area contributed by atoms with Crippen LogP contribution in [0.3, 0.4) is 0 Å². The Morgan fingerprint density at radius 2 is 1.97 bits per heavy atom. The van der Waals surface area contributed by atoms with Gasteiger partial charge >= 0.3 is 0 Å². The van der Waals surface area contributed by atoms with Gasteiger partial charge in [-0.15, -0.1) is 0 Å². The molecule has 2 aliphatic rings. The van der Waals surface area contributed by atoms with Gasteiger partial charge in [0.2, 0.25) is 5.91 Å². The predicted molar refractivity (Wildman–Crippen MR) is 121 cm³/mol. The molecule has 1 heterocycles. The van der Waals surface area contributed by atoms with Gasteiger partial charge in [-0.2, -0.15) is 0 Å². The highest BCUT2D eigenvalue weighted by Gasteiger charge is 2.26. The van der Waals surface area contributed by atoms with Crippen LogP contribution in [0.15, 0.2) is 29.3 Å². The monoisotopic (exact) mass is 415 g/mol. The molecule has 0 aromatic heterocycles. The van der Waals surface area contributed by atoms with E-state index in [0.717, 1.165) is 57.3 Å². The standard InChI is InChI=1S/C23H37N5O2/c1-5-24-22(25-17-23(2,3)18-7-6-8-20(15-18)30-4)28-13-11-27(12-14-28)16-21(29)26-19-9-10-19/h6-8,15,19H,5,9-14,16-17H2,1-4H3,(H,24,25)(H,26,29). The van der Waals surface area contributed by atoms with E-state index >= 15 is 0 Å². The highest BCUT2D eigenvalue weighted by molar-refractivity contribution is 5.80. The number of nitrogens with one attached hydrogen (secondary N) is 2. The minimum Gasteiger partial charge on any atom is -0.497 e. The summed E-state index contributed by atoms with van der Waals surface area (Å²) >= 11 is 0. The number of benzene rings is 1. The number of hydrogen-bond acceptors (Lipinski definition) is 4. The lowest BCUT2D eigenvalue weighted by Crippen LogP contribution is -2.54. The van der Waals surface area contributed by atoms with Crippen LogP contribution in [-0.4, -0.2) is 80.6 Å². The largest absolute Gasteiger partial charge is 0.497 e. The highest BCUT2D eigenvalue weighted by atomic mass is 16.5. The zero-order valence-corrected chi connectivity index (χ0v) is 18.9. The molecule has 0 bridgehead atoms. The molecule has 30 heavy (non-hydrogen) atoms. The van der Waals surface area contributed by atoms with Gasteiger partial charge < -0.3 is 20.3 Å². The van der Waals surface area contributed by atoms with Crippen molar-refractivity contribution in [2.24, 2.45) is 4.99 Å². The number of aliphatic imine (C=N–C) groups is 1. The Morgan fingerprint density at radius 3 is 2.60 bits per heavy atom. The van der Waals surface area contributed by atoms with Crippen molar-refractivity contribution in [2.75, 3.05) is 52.9 Å². The number of carbonyl (C=O) groups is 1. The predicted octanol–water partition coefficient (Wildman–Crippen LogP) is 1.83. The molecule has 2 N–H and O–H groups in total. The number of hydrogen-bond donors (Lipinski definition) is 2. The van der Waals surface area contributed by atoms with E-state index in [1.54, 1.807) is 7.11 Å². The minimum absolute atomic E-state index is 0.0993. The summed E-state index contributed by atoms with van der Waals surface area (Å²) in [5.41, 5.74) is 1.12. The minimum atomic E-state index is -0.0993. The van der Waals surface area contributed by atoms with Crippen LogP contribution < -0.4 is 15.4 Å². The summed E-state index contributed by atoms with van der Waals surface area (Å²) in [5, 5.41) is 6.52. The maximum absolute atomic E-state index is 12.1. The Hall–Kier alpha value is -2.28. The van der Waals surface area contributed by atoms with Gasteiger partial charge in [-0.3, -0.25) is 14.7 Å². The van der Waals surface area contributed by atoms with Crippen molar-refractivity contribution in [1.29, 1.82) is 0 Å². The molecule has 1 aromatic rings. The van der Waals surface area contributed by atoms with E-state index in [4.69, 9.17) is 9.73 Å². The lowest BCUT2D eigenvalue weighted by molar-refractivity contribution is -0.122. The number of piperazine rings is 1. The van der Waals surface area contributed by atoms with Crippen LogP contribution in [-0.2, 0) is 10.2 Å². The van der Waals surface area contributed by atoms with Gasteiger partial charge in [-0.25, -0.2) is 0 Å². The van der Waals surface area contributed by atoms with Crippen molar-refractivity contribution >= 4 is 11.9 Å². The van der Waals surface area contributed by atoms with Crippen molar-refractivity contribution in [2.45, 2.75) is 45.1 Å². The SMILES string of the molecule is CCNC(=NCC(C)(C)c1cccc(OC)c1)N1CCN(CC(=O)NC2CC2)CC1. The average molecular weight is 416 g/mol. The first-order chi connectivity index (χ1) is 14.4. The number of methoxy groups -OCH3 is 1. The first-order valence-electron chi connectivity index (χ1n) is 11.1. The van der Waals surface area contributed by atoms with Gasteiger partial charge in [0.15, 0.2) is 5.96 Å². The Kier molecular flexibility index (Phi) is 7.58. The third-order valence-corrected chi connectivity index (χ3v) is 5.79. The second-order valence-corrected chi connectivity index (χ2v) is 8.89. The summed E-state index contributed by atoms with van der Waals surface area (Å²) in [7, 11) is 1.70. The molecule has 7 heteroatoms. The maximum Gasteiger partial charge on any atom is 0.234 e. The Morgan fingerprint density at radius 1 is 1.23 bits per heavy atom. The van der Waals surface area contributed by atoms with Crippen molar-refractivity contribution < 1.29 is 9.53 Å². The highest BCUT2D eigenvalue weighted by Crippen LogP contribution is 2.27. The topological polar surface area (TPSA) is 69.2 Å². The van der Waals surface area contributed by atoms with Crippen LogP contribution in [0.5, 0.6) is 5.75 Å². The number of amides is 1. The van der Waals surface area contributed by atoms with Crippen LogP contribution in [0.2, 0.25) is 0 Å². The number of rotatable bonds is 8. The molecule has 0 atom stereocenters. The second-order valence-electron chi connectivity index (χ2n) is 8.89. The molecule has 0 radical (unpaired) electrons. The number of nitrogens with zero attached hydrogens (tertiary/aromatic N) is 3. The van der Waals surface area contributed by atoms with Gasteiger partial charge in [0.1, 0.15) is 5.75 Å². The van der Waals surface area contributed by atoms with E-state index in [9.17, 15) is 4.79 Å². The van der Waals surface area contributed by atoms with E-state index in [1.807, 2.05) is 12.1 Å². The van der Waals surface area contributed by atoms with Crippen molar-refractivity contribution in [3.63, 3.8) is 0 Å². The fraction of sp³-hybridized carbons (Fsp3) is 0.652. The van der Waals surface area contributed by atoms with Crippen molar-refractivity contribution in [3.05, 3.63) is 29.8 Å². The molecule has 1 aromatic carbocycles. The summed E-state index contributed by atoms with van der Waals surface area (Å²) in [4.78, 5) is 21.6. The first-order valence-corrected chi connectivity index (χ1v) is 11.1. The normalized spacial score (nSPS) is 18.3. The Labute approximate surface area is 180 Å². The van der Waals surface area contributed by atoms with Gasteiger partial charge in [-0.1, -0.05) is 26.0 Å². The number of carbonyl (C=O) groups excluding carboxylic acids is 1. The summed E-state index contributed by atoms with van der Waals surface area (Å²) in [6.45, 7) is 12.1. The second kappa shape index (κ2) is 10.2. The molecule has 0 unspecified atom stereocenters. The van der Waals surface area contributed by atoms with E-state index in [1.165, 1.54) is 5.56 Å². The average Bonchev–Trinajstić information content (AvgIpc) is 3.55.